The van der Waals surface area contributed by atoms with Crippen LogP contribution >= 0.6 is 0 Å². The zero-order valence-corrected chi connectivity index (χ0v) is 19.7. The highest BCUT2D eigenvalue weighted by Crippen LogP contribution is 2.34. The number of nitrogens with one attached hydrogen (secondary N) is 1. The SMILES string of the molecule is Cc1cc(C(=O)NCCN(C)C)cc(C)c1N1C[C@@H](Cc2ccccc2F)C[C@@H](C)C1=O. The Labute approximate surface area is 190 Å². The van der Waals surface area contributed by atoms with E-state index in [1.54, 1.807) is 6.07 Å². The summed E-state index contributed by atoms with van der Waals surface area (Å²) >= 11 is 0. The van der Waals surface area contributed by atoms with Gasteiger partial charge < -0.3 is 15.1 Å². The topological polar surface area (TPSA) is 52.7 Å². The van der Waals surface area contributed by atoms with Gasteiger partial charge in [0.1, 0.15) is 5.82 Å². The Balaban J connectivity index is 1.81. The minimum atomic E-state index is -0.194. The molecule has 2 atom stereocenters. The van der Waals surface area contributed by atoms with Crippen molar-refractivity contribution in [3.63, 3.8) is 0 Å². The molecule has 0 aromatic heterocycles. The van der Waals surface area contributed by atoms with Gasteiger partial charge in [-0.1, -0.05) is 25.1 Å². The van der Waals surface area contributed by atoms with Gasteiger partial charge in [-0.3, -0.25) is 9.59 Å². The van der Waals surface area contributed by atoms with E-state index in [4.69, 9.17) is 0 Å². The molecule has 6 heteroatoms. The normalized spacial score (nSPS) is 18.8. The second kappa shape index (κ2) is 10.3. The lowest BCUT2D eigenvalue weighted by Crippen LogP contribution is -2.46. The Hall–Kier alpha value is -2.73. The van der Waals surface area contributed by atoms with Crippen LogP contribution in [0.2, 0.25) is 0 Å². The smallest absolute Gasteiger partial charge is 0.251 e. The molecule has 2 amide bonds. The van der Waals surface area contributed by atoms with Crippen molar-refractivity contribution >= 4 is 17.5 Å². The van der Waals surface area contributed by atoms with Crippen LogP contribution in [-0.4, -0.2) is 50.4 Å². The van der Waals surface area contributed by atoms with Crippen LogP contribution in [0.1, 0.15) is 40.4 Å². The molecule has 0 radical (unpaired) electrons. The van der Waals surface area contributed by atoms with Gasteiger partial charge in [0, 0.05) is 36.8 Å². The summed E-state index contributed by atoms with van der Waals surface area (Å²) in [4.78, 5) is 29.5. The summed E-state index contributed by atoms with van der Waals surface area (Å²) in [5.74, 6) is -0.175. The third-order valence-corrected chi connectivity index (χ3v) is 6.15. The fourth-order valence-corrected chi connectivity index (χ4v) is 4.62. The largest absolute Gasteiger partial charge is 0.351 e. The van der Waals surface area contributed by atoms with Gasteiger partial charge >= 0.3 is 0 Å². The van der Waals surface area contributed by atoms with Crippen LogP contribution in [0.4, 0.5) is 10.1 Å². The first-order valence-electron chi connectivity index (χ1n) is 11.3. The molecule has 0 saturated carbocycles. The van der Waals surface area contributed by atoms with Gasteiger partial charge in [-0.25, -0.2) is 4.39 Å². The molecule has 0 aliphatic carbocycles. The molecule has 1 aliphatic heterocycles. The summed E-state index contributed by atoms with van der Waals surface area (Å²) in [7, 11) is 3.93. The van der Waals surface area contributed by atoms with Gasteiger partial charge in [-0.2, -0.15) is 0 Å². The summed E-state index contributed by atoms with van der Waals surface area (Å²) in [5, 5.41) is 2.94. The van der Waals surface area contributed by atoms with E-state index in [0.717, 1.165) is 29.8 Å². The molecule has 1 fully saturated rings. The summed E-state index contributed by atoms with van der Waals surface area (Å²) in [6.07, 6.45) is 1.35. The number of hydrogen-bond donors (Lipinski definition) is 1. The van der Waals surface area contributed by atoms with Crippen molar-refractivity contribution < 1.29 is 14.0 Å². The van der Waals surface area contributed by atoms with Gasteiger partial charge in [0.15, 0.2) is 0 Å². The Kier molecular flexibility index (Phi) is 7.67. The number of carbonyl (C=O) groups excluding carboxylic acids is 2. The molecule has 172 valence electrons. The zero-order chi connectivity index (χ0) is 23.4. The number of amides is 2. The van der Waals surface area contributed by atoms with E-state index in [1.165, 1.54) is 6.07 Å². The Morgan fingerprint density at radius 3 is 2.47 bits per heavy atom. The van der Waals surface area contributed by atoms with E-state index in [2.05, 4.69) is 5.32 Å². The molecule has 5 nitrogen and oxygen atoms in total. The summed E-state index contributed by atoms with van der Waals surface area (Å²) < 4.78 is 14.2. The molecule has 2 aromatic carbocycles. The molecule has 1 N–H and O–H groups in total. The average Bonchev–Trinajstić information content (AvgIpc) is 2.72. The van der Waals surface area contributed by atoms with E-state index in [-0.39, 0.29) is 29.5 Å². The predicted molar refractivity (Wildman–Crippen MR) is 127 cm³/mol. The van der Waals surface area contributed by atoms with Crippen molar-refractivity contribution in [3.05, 3.63) is 64.5 Å². The highest BCUT2D eigenvalue weighted by Gasteiger charge is 2.34. The number of benzene rings is 2. The maximum absolute atomic E-state index is 14.2. The van der Waals surface area contributed by atoms with Gasteiger partial charge in [0.2, 0.25) is 5.91 Å². The maximum Gasteiger partial charge on any atom is 0.251 e. The molecule has 0 bridgehead atoms. The Bertz CT molecular complexity index is 966. The molecule has 0 spiro atoms. The van der Waals surface area contributed by atoms with Crippen LogP contribution in [0.5, 0.6) is 0 Å². The highest BCUT2D eigenvalue weighted by molar-refractivity contribution is 5.99. The first-order valence-corrected chi connectivity index (χ1v) is 11.3. The number of anilines is 1. The van der Waals surface area contributed by atoms with Crippen molar-refractivity contribution in [2.45, 2.75) is 33.6 Å². The molecular formula is C26H34FN3O2. The minimum absolute atomic E-state index is 0.0872. The Morgan fingerprint density at radius 2 is 1.84 bits per heavy atom. The number of nitrogens with zero attached hydrogens (tertiary/aromatic N) is 2. The van der Waals surface area contributed by atoms with Crippen LogP contribution < -0.4 is 10.2 Å². The van der Waals surface area contributed by atoms with Crippen molar-refractivity contribution in [1.82, 2.24) is 10.2 Å². The van der Waals surface area contributed by atoms with E-state index < -0.39 is 0 Å². The molecule has 1 heterocycles. The Morgan fingerprint density at radius 1 is 1.19 bits per heavy atom. The molecule has 1 saturated heterocycles. The third-order valence-electron chi connectivity index (χ3n) is 6.15. The zero-order valence-electron chi connectivity index (χ0n) is 19.7. The van der Waals surface area contributed by atoms with Crippen LogP contribution in [0.25, 0.3) is 0 Å². The standard InChI is InChI=1S/C26H34FN3O2/c1-17-13-22(25(31)28-10-11-29(4)5)14-18(2)24(17)30-16-20(12-19(3)26(30)32)15-21-8-6-7-9-23(21)27/h6-9,13-14,19-20H,10-12,15-16H2,1-5H3,(H,28,31)/t19-,20-/m1/s1. The second-order valence-electron chi connectivity index (χ2n) is 9.26. The van der Waals surface area contributed by atoms with E-state index in [0.29, 0.717) is 30.6 Å². The molecule has 1 aliphatic rings. The van der Waals surface area contributed by atoms with Crippen LogP contribution in [0, 0.1) is 31.5 Å². The number of hydrogen-bond acceptors (Lipinski definition) is 3. The number of rotatable bonds is 7. The third kappa shape index (κ3) is 5.54. The summed E-state index contributed by atoms with van der Waals surface area (Å²) in [6, 6.07) is 10.6. The van der Waals surface area contributed by atoms with Crippen LogP contribution in [0.15, 0.2) is 36.4 Å². The number of aryl methyl sites for hydroxylation is 2. The average molecular weight is 440 g/mol. The maximum atomic E-state index is 14.2. The quantitative estimate of drug-likeness (QED) is 0.710. The monoisotopic (exact) mass is 439 g/mol. The molecule has 3 rings (SSSR count). The number of carbonyl (C=O) groups is 2. The van der Waals surface area contributed by atoms with Crippen molar-refractivity contribution in [2.75, 3.05) is 38.6 Å². The molecule has 32 heavy (non-hydrogen) atoms. The van der Waals surface area contributed by atoms with Crippen molar-refractivity contribution in [1.29, 1.82) is 0 Å². The fourth-order valence-electron chi connectivity index (χ4n) is 4.62. The fraction of sp³-hybridized carbons (Fsp3) is 0.462. The van der Waals surface area contributed by atoms with Gasteiger partial charge in [-0.05, 0) is 81.6 Å². The summed E-state index contributed by atoms with van der Waals surface area (Å²) in [6.45, 7) is 7.72. The van der Waals surface area contributed by atoms with Crippen LogP contribution in [0.3, 0.4) is 0 Å². The number of halogens is 1. The predicted octanol–water partition coefficient (Wildman–Crippen LogP) is 3.97. The number of piperidine rings is 1. The lowest BCUT2D eigenvalue weighted by atomic mass is 9.84. The molecule has 0 unspecified atom stereocenters. The van der Waals surface area contributed by atoms with Crippen LogP contribution in [-0.2, 0) is 11.2 Å². The molecular weight excluding hydrogens is 405 g/mol. The highest BCUT2D eigenvalue weighted by atomic mass is 19.1. The van der Waals surface area contributed by atoms with Crippen molar-refractivity contribution in [3.8, 4) is 0 Å². The van der Waals surface area contributed by atoms with Gasteiger partial charge in [0.05, 0.1) is 0 Å². The lowest BCUT2D eigenvalue weighted by molar-refractivity contribution is -0.124. The summed E-state index contributed by atoms with van der Waals surface area (Å²) in [5.41, 5.74) is 3.95. The van der Waals surface area contributed by atoms with Gasteiger partial charge in [-0.15, -0.1) is 0 Å². The molecule has 2 aromatic rings. The van der Waals surface area contributed by atoms with E-state index in [1.807, 2.05) is 68.9 Å². The first-order chi connectivity index (χ1) is 15.2. The first kappa shape index (κ1) is 23.9. The lowest BCUT2D eigenvalue weighted by Gasteiger charge is -2.38. The number of likely N-dealkylation sites (N-methyl/N-ethyl adjacent to an activating group) is 1. The van der Waals surface area contributed by atoms with Gasteiger partial charge in [0.25, 0.3) is 5.91 Å². The van der Waals surface area contributed by atoms with E-state index >= 15 is 0 Å². The second-order valence-corrected chi connectivity index (χ2v) is 9.26. The minimum Gasteiger partial charge on any atom is -0.351 e. The van der Waals surface area contributed by atoms with Crippen molar-refractivity contribution in [2.24, 2.45) is 11.8 Å². The van der Waals surface area contributed by atoms with E-state index in [9.17, 15) is 14.0 Å².